The van der Waals surface area contributed by atoms with Crippen molar-refractivity contribution in [3.05, 3.63) is 46.7 Å². The van der Waals surface area contributed by atoms with Crippen LogP contribution in [0.5, 0.6) is 0 Å². The summed E-state index contributed by atoms with van der Waals surface area (Å²) in [7, 11) is 0. The van der Waals surface area contributed by atoms with Gasteiger partial charge in [0, 0.05) is 24.8 Å². The third kappa shape index (κ3) is 4.31. The van der Waals surface area contributed by atoms with E-state index in [2.05, 4.69) is 10.3 Å². The van der Waals surface area contributed by atoms with Gasteiger partial charge in [-0.25, -0.2) is 9.37 Å². The predicted octanol–water partition coefficient (Wildman–Crippen LogP) is 2.16. The Morgan fingerprint density at radius 1 is 1.35 bits per heavy atom. The van der Waals surface area contributed by atoms with Gasteiger partial charge in [0.2, 0.25) is 5.91 Å². The Labute approximate surface area is 120 Å². The molecule has 1 amide bonds. The van der Waals surface area contributed by atoms with E-state index >= 15 is 0 Å². The molecule has 1 heterocycles. The van der Waals surface area contributed by atoms with E-state index < -0.39 is 0 Å². The number of nitrogens with zero attached hydrogens (tertiary/aromatic N) is 1. The summed E-state index contributed by atoms with van der Waals surface area (Å²) in [5.41, 5.74) is 6.96. The molecule has 0 aliphatic carbocycles. The number of hydrogen-bond acceptors (Lipinski definition) is 4. The van der Waals surface area contributed by atoms with Crippen molar-refractivity contribution in [2.24, 2.45) is 0 Å². The van der Waals surface area contributed by atoms with Crippen LogP contribution >= 0.6 is 11.3 Å². The smallest absolute Gasteiger partial charge is 0.220 e. The van der Waals surface area contributed by atoms with E-state index in [0.29, 0.717) is 30.1 Å². The van der Waals surface area contributed by atoms with Crippen molar-refractivity contribution in [1.82, 2.24) is 10.3 Å². The summed E-state index contributed by atoms with van der Waals surface area (Å²) in [6.45, 7) is 0.513. The second-order valence-electron chi connectivity index (χ2n) is 4.37. The van der Waals surface area contributed by atoms with E-state index in [9.17, 15) is 9.18 Å². The molecule has 0 fully saturated rings. The number of anilines is 1. The number of halogens is 1. The molecule has 3 N–H and O–H groups in total. The lowest BCUT2D eigenvalue weighted by atomic mass is 10.1. The monoisotopic (exact) mass is 293 g/mol. The van der Waals surface area contributed by atoms with Crippen molar-refractivity contribution in [2.75, 3.05) is 12.3 Å². The third-order valence-corrected chi connectivity index (χ3v) is 3.57. The summed E-state index contributed by atoms with van der Waals surface area (Å²) in [5.74, 6) is -0.352. The van der Waals surface area contributed by atoms with Crippen LogP contribution in [0.1, 0.15) is 17.7 Å². The number of carbonyl (C=O) groups excluding carboxylic acids is 1. The van der Waals surface area contributed by atoms with Gasteiger partial charge in [0.05, 0.1) is 5.69 Å². The Bertz CT molecular complexity index is 585. The summed E-state index contributed by atoms with van der Waals surface area (Å²) in [6.07, 6.45) is 1.33. The van der Waals surface area contributed by atoms with Gasteiger partial charge in [0.25, 0.3) is 0 Å². The molecule has 2 aromatic rings. The van der Waals surface area contributed by atoms with Gasteiger partial charge in [0.15, 0.2) is 5.13 Å². The molecular weight excluding hydrogens is 277 g/mol. The zero-order valence-corrected chi connectivity index (χ0v) is 11.8. The quantitative estimate of drug-likeness (QED) is 0.857. The Morgan fingerprint density at radius 2 is 2.15 bits per heavy atom. The fourth-order valence-corrected chi connectivity index (χ4v) is 2.40. The van der Waals surface area contributed by atoms with Gasteiger partial charge in [-0.3, -0.25) is 4.79 Å². The Balaban J connectivity index is 1.69. The lowest BCUT2D eigenvalue weighted by molar-refractivity contribution is -0.121. The van der Waals surface area contributed by atoms with Gasteiger partial charge in [-0.15, -0.1) is 11.3 Å². The topological polar surface area (TPSA) is 68.0 Å². The van der Waals surface area contributed by atoms with Gasteiger partial charge in [-0.2, -0.15) is 0 Å². The molecule has 0 saturated heterocycles. The van der Waals surface area contributed by atoms with Gasteiger partial charge in [-0.05, 0) is 18.1 Å². The number of benzene rings is 1. The molecule has 0 aliphatic heterocycles. The summed E-state index contributed by atoms with van der Waals surface area (Å²) >= 11 is 1.38. The minimum atomic E-state index is -0.266. The molecule has 1 aromatic carbocycles. The van der Waals surface area contributed by atoms with Crippen LogP contribution in [0.2, 0.25) is 0 Å². The van der Waals surface area contributed by atoms with Crippen LogP contribution in [0.3, 0.4) is 0 Å². The van der Waals surface area contributed by atoms with Crippen LogP contribution in [0.4, 0.5) is 9.52 Å². The van der Waals surface area contributed by atoms with Crippen molar-refractivity contribution in [3.8, 4) is 0 Å². The minimum absolute atomic E-state index is 0.0866. The number of hydrogen-bond donors (Lipinski definition) is 2. The maximum absolute atomic E-state index is 13.4. The fraction of sp³-hybridized carbons (Fsp3) is 0.286. The maximum Gasteiger partial charge on any atom is 0.220 e. The molecule has 1 aromatic heterocycles. The SMILES string of the molecule is Nc1nc(CCNC(=O)CCc2ccccc2F)cs1. The standard InChI is InChI=1S/C14H16FN3OS/c15-12-4-2-1-3-10(12)5-6-13(19)17-8-7-11-9-20-14(16)18-11/h1-4,9H,5-8H2,(H2,16,18)(H,17,19). The van der Waals surface area contributed by atoms with Crippen LogP contribution in [-0.2, 0) is 17.6 Å². The van der Waals surface area contributed by atoms with Crippen LogP contribution in [0.15, 0.2) is 29.6 Å². The fourth-order valence-electron chi connectivity index (χ4n) is 1.81. The molecule has 0 unspecified atom stereocenters. The van der Waals surface area contributed by atoms with E-state index in [0.717, 1.165) is 5.69 Å². The van der Waals surface area contributed by atoms with Crippen LogP contribution < -0.4 is 11.1 Å². The molecule has 6 heteroatoms. The first-order chi connectivity index (χ1) is 9.65. The van der Waals surface area contributed by atoms with E-state index in [4.69, 9.17) is 5.73 Å². The van der Waals surface area contributed by atoms with Crippen LogP contribution in [0.25, 0.3) is 0 Å². The highest BCUT2D eigenvalue weighted by Gasteiger charge is 2.06. The van der Waals surface area contributed by atoms with Crippen molar-refractivity contribution >= 4 is 22.4 Å². The van der Waals surface area contributed by atoms with Crippen LogP contribution in [-0.4, -0.2) is 17.4 Å². The first-order valence-electron chi connectivity index (χ1n) is 6.35. The molecule has 106 valence electrons. The number of aryl methyl sites for hydroxylation is 1. The number of nitrogen functional groups attached to an aromatic ring is 1. The Morgan fingerprint density at radius 3 is 2.85 bits per heavy atom. The molecular formula is C14H16FN3OS. The molecule has 2 rings (SSSR count). The molecule has 0 atom stereocenters. The molecule has 0 spiro atoms. The lowest BCUT2D eigenvalue weighted by Gasteiger charge is -2.05. The van der Waals surface area contributed by atoms with Crippen molar-refractivity contribution in [1.29, 1.82) is 0 Å². The van der Waals surface area contributed by atoms with E-state index in [1.54, 1.807) is 18.2 Å². The number of carbonyl (C=O) groups is 1. The zero-order valence-electron chi connectivity index (χ0n) is 10.9. The van der Waals surface area contributed by atoms with Gasteiger partial charge in [0.1, 0.15) is 5.82 Å². The Hall–Kier alpha value is -1.95. The largest absolute Gasteiger partial charge is 0.375 e. The number of amides is 1. The highest BCUT2D eigenvalue weighted by Crippen LogP contribution is 2.11. The normalized spacial score (nSPS) is 10.4. The molecule has 0 radical (unpaired) electrons. The second-order valence-corrected chi connectivity index (χ2v) is 5.26. The van der Waals surface area contributed by atoms with Gasteiger partial charge in [-0.1, -0.05) is 18.2 Å². The number of nitrogens with one attached hydrogen (secondary N) is 1. The number of rotatable bonds is 6. The first-order valence-corrected chi connectivity index (χ1v) is 7.23. The third-order valence-electron chi connectivity index (χ3n) is 2.85. The predicted molar refractivity (Wildman–Crippen MR) is 78.0 cm³/mol. The van der Waals surface area contributed by atoms with E-state index in [1.807, 2.05) is 5.38 Å². The minimum Gasteiger partial charge on any atom is -0.375 e. The van der Waals surface area contributed by atoms with E-state index in [-0.39, 0.29) is 18.1 Å². The van der Waals surface area contributed by atoms with Crippen LogP contribution in [0, 0.1) is 5.82 Å². The molecule has 0 bridgehead atoms. The summed E-state index contributed by atoms with van der Waals surface area (Å²) in [6, 6.07) is 6.50. The summed E-state index contributed by atoms with van der Waals surface area (Å²) in [5, 5.41) is 5.20. The van der Waals surface area contributed by atoms with E-state index in [1.165, 1.54) is 17.4 Å². The number of aromatic nitrogens is 1. The van der Waals surface area contributed by atoms with Crippen molar-refractivity contribution in [2.45, 2.75) is 19.3 Å². The molecule has 0 saturated carbocycles. The summed E-state index contributed by atoms with van der Waals surface area (Å²) < 4.78 is 13.4. The van der Waals surface area contributed by atoms with Crippen molar-refractivity contribution in [3.63, 3.8) is 0 Å². The molecule has 4 nitrogen and oxygen atoms in total. The average molecular weight is 293 g/mol. The van der Waals surface area contributed by atoms with Crippen molar-refractivity contribution < 1.29 is 9.18 Å². The second kappa shape index (κ2) is 7.00. The lowest BCUT2D eigenvalue weighted by Crippen LogP contribution is -2.26. The number of nitrogens with two attached hydrogens (primary N) is 1. The maximum atomic E-state index is 13.4. The van der Waals surface area contributed by atoms with Gasteiger partial charge >= 0.3 is 0 Å². The number of thiazole rings is 1. The summed E-state index contributed by atoms with van der Waals surface area (Å²) in [4.78, 5) is 15.8. The molecule has 0 aliphatic rings. The zero-order chi connectivity index (χ0) is 14.4. The first kappa shape index (κ1) is 14.5. The molecule has 20 heavy (non-hydrogen) atoms. The van der Waals surface area contributed by atoms with Gasteiger partial charge < -0.3 is 11.1 Å². The average Bonchev–Trinajstić information content (AvgIpc) is 2.83. The highest BCUT2D eigenvalue weighted by atomic mass is 32.1. The highest BCUT2D eigenvalue weighted by molar-refractivity contribution is 7.13. The Kier molecular flexibility index (Phi) is 5.06.